The molecule has 23 heavy (non-hydrogen) atoms. The standard InChI is InChI=1S/C19H28N4/c1-4-6-7-12-21-19(20-5-2)22-13-11-16-14-23-17-10-8-9-15(3)18(16)17/h4,6,8-10,14,23H,5,7,11-13H2,1-3H3,(H2,20,21,22)/b6-4+. The molecule has 0 atom stereocenters. The van der Waals surface area contributed by atoms with Gasteiger partial charge in [-0.25, -0.2) is 0 Å². The molecule has 0 saturated heterocycles. The number of rotatable bonds is 7. The van der Waals surface area contributed by atoms with Crippen LogP contribution in [-0.2, 0) is 6.42 Å². The second-order valence-electron chi connectivity index (χ2n) is 5.61. The second kappa shape index (κ2) is 9.03. The van der Waals surface area contributed by atoms with Gasteiger partial charge in [0.1, 0.15) is 0 Å². The van der Waals surface area contributed by atoms with Gasteiger partial charge in [-0.2, -0.15) is 0 Å². The van der Waals surface area contributed by atoms with Gasteiger partial charge in [-0.1, -0.05) is 24.3 Å². The normalized spacial score (nSPS) is 12.2. The van der Waals surface area contributed by atoms with E-state index in [0.29, 0.717) is 0 Å². The summed E-state index contributed by atoms with van der Waals surface area (Å²) in [5.74, 6) is 0.897. The number of guanidine groups is 1. The maximum absolute atomic E-state index is 4.59. The van der Waals surface area contributed by atoms with Crippen molar-refractivity contribution < 1.29 is 0 Å². The number of fused-ring (bicyclic) bond motifs is 1. The van der Waals surface area contributed by atoms with E-state index in [0.717, 1.165) is 38.4 Å². The number of aryl methyl sites for hydroxylation is 1. The lowest BCUT2D eigenvalue weighted by molar-refractivity contribution is 0.800. The highest BCUT2D eigenvalue weighted by Crippen LogP contribution is 2.22. The minimum absolute atomic E-state index is 0.811. The summed E-state index contributed by atoms with van der Waals surface area (Å²) < 4.78 is 0. The van der Waals surface area contributed by atoms with Crippen molar-refractivity contribution in [3.05, 3.63) is 47.7 Å². The molecule has 0 aliphatic rings. The van der Waals surface area contributed by atoms with Gasteiger partial charge in [0, 0.05) is 36.7 Å². The molecule has 0 fully saturated rings. The fourth-order valence-corrected chi connectivity index (χ4v) is 2.72. The molecule has 1 aromatic carbocycles. The summed E-state index contributed by atoms with van der Waals surface area (Å²) in [6.45, 7) is 8.85. The smallest absolute Gasteiger partial charge is 0.191 e. The Morgan fingerprint density at radius 2 is 2.17 bits per heavy atom. The highest BCUT2D eigenvalue weighted by molar-refractivity contribution is 5.86. The van der Waals surface area contributed by atoms with Crippen LogP contribution in [0.3, 0.4) is 0 Å². The van der Waals surface area contributed by atoms with E-state index in [9.17, 15) is 0 Å². The van der Waals surface area contributed by atoms with Crippen LogP contribution in [0.25, 0.3) is 10.9 Å². The van der Waals surface area contributed by atoms with Gasteiger partial charge < -0.3 is 15.6 Å². The number of allylic oxidation sites excluding steroid dienone is 1. The van der Waals surface area contributed by atoms with Crippen molar-refractivity contribution in [3.63, 3.8) is 0 Å². The molecule has 1 heterocycles. The van der Waals surface area contributed by atoms with Crippen molar-refractivity contribution in [2.75, 3.05) is 19.6 Å². The lowest BCUT2D eigenvalue weighted by Crippen LogP contribution is -2.38. The lowest BCUT2D eigenvalue weighted by atomic mass is 10.1. The molecule has 2 aromatic rings. The van der Waals surface area contributed by atoms with Gasteiger partial charge in [0.2, 0.25) is 0 Å². The highest BCUT2D eigenvalue weighted by atomic mass is 15.2. The number of hydrogen-bond acceptors (Lipinski definition) is 1. The highest BCUT2D eigenvalue weighted by Gasteiger charge is 2.06. The third-order valence-electron chi connectivity index (χ3n) is 3.83. The average molecular weight is 312 g/mol. The molecule has 4 nitrogen and oxygen atoms in total. The van der Waals surface area contributed by atoms with Crippen LogP contribution in [-0.4, -0.2) is 30.6 Å². The fourth-order valence-electron chi connectivity index (χ4n) is 2.72. The van der Waals surface area contributed by atoms with Crippen LogP contribution in [0.5, 0.6) is 0 Å². The molecule has 0 amide bonds. The lowest BCUT2D eigenvalue weighted by Gasteiger charge is -2.11. The Bertz CT molecular complexity index is 667. The summed E-state index contributed by atoms with van der Waals surface area (Å²) >= 11 is 0. The van der Waals surface area contributed by atoms with Crippen LogP contribution in [0.2, 0.25) is 0 Å². The Hall–Kier alpha value is -2.23. The first-order valence-corrected chi connectivity index (χ1v) is 8.45. The van der Waals surface area contributed by atoms with Crippen molar-refractivity contribution in [2.24, 2.45) is 4.99 Å². The van der Waals surface area contributed by atoms with Crippen molar-refractivity contribution in [1.29, 1.82) is 0 Å². The fraction of sp³-hybridized carbons (Fsp3) is 0.421. The molecule has 1 aromatic heterocycles. The summed E-state index contributed by atoms with van der Waals surface area (Å²) in [6, 6.07) is 6.39. The van der Waals surface area contributed by atoms with Crippen LogP contribution in [0.1, 0.15) is 31.4 Å². The summed E-state index contributed by atoms with van der Waals surface area (Å²) in [4.78, 5) is 7.94. The van der Waals surface area contributed by atoms with E-state index in [1.165, 1.54) is 22.0 Å². The molecule has 0 radical (unpaired) electrons. The summed E-state index contributed by atoms with van der Waals surface area (Å²) in [7, 11) is 0. The number of nitrogens with zero attached hydrogens (tertiary/aromatic N) is 1. The molecule has 0 aliphatic carbocycles. The van der Waals surface area contributed by atoms with E-state index < -0.39 is 0 Å². The number of benzene rings is 1. The molecule has 3 N–H and O–H groups in total. The molecule has 124 valence electrons. The van der Waals surface area contributed by atoms with E-state index in [1.807, 2.05) is 6.92 Å². The molecule has 0 bridgehead atoms. The van der Waals surface area contributed by atoms with Gasteiger partial charge in [-0.05, 0) is 50.8 Å². The summed E-state index contributed by atoms with van der Waals surface area (Å²) in [5, 5.41) is 8.07. The number of aromatic amines is 1. The van der Waals surface area contributed by atoms with Gasteiger partial charge >= 0.3 is 0 Å². The zero-order valence-corrected chi connectivity index (χ0v) is 14.4. The first-order valence-electron chi connectivity index (χ1n) is 8.45. The summed E-state index contributed by atoms with van der Waals surface area (Å²) in [6.07, 6.45) is 8.28. The monoisotopic (exact) mass is 312 g/mol. The molecule has 0 spiro atoms. The summed E-state index contributed by atoms with van der Waals surface area (Å²) in [5.41, 5.74) is 3.90. The van der Waals surface area contributed by atoms with Crippen LogP contribution in [0.15, 0.2) is 41.5 Å². The van der Waals surface area contributed by atoms with Crippen molar-refractivity contribution in [2.45, 2.75) is 33.6 Å². The average Bonchev–Trinajstić information content (AvgIpc) is 2.96. The molecular weight excluding hydrogens is 284 g/mol. The number of nitrogens with one attached hydrogen (secondary N) is 3. The third kappa shape index (κ3) is 4.88. The van der Waals surface area contributed by atoms with Crippen LogP contribution in [0.4, 0.5) is 0 Å². The predicted octanol–water partition coefficient (Wildman–Crippen LogP) is 3.54. The topological polar surface area (TPSA) is 52.2 Å². The first-order chi connectivity index (χ1) is 11.3. The Morgan fingerprint density at radius 1 is 1.30 bits per heavy atom. The molecule has 0 unspecified atom stereocenters. The number of aliphatic imine (C=N–C) groups is 1. The zero-order valence-electron chi connectivity index (χ0n) is 14.4. The zero-order chi connectivity index (χ0) is 16.5. The number of hydrogen-bond donors (Lipinski definition) is 3. The maximum Gasteiger partial charge on any atom is 0.191 e. The Kier molecular flexibility index (Phi) is 6.73. The first kappa shape index (κ1) is 17.1. The van der Waals surface area contributed by atoms with Crippen LogP contribution < -0.4 is 10.6 Å². The van der Waals surface area contributed by atoms with E-state index in [-0.39, 0.29) is 0 Å². The number of H-pyrrole nitrogens is 1. The SMILES string of the molecule is C/C=C/CCN=C(NCC)NCCc1c[nH]c2cccc(C)c12. The van der Waals surface area contributed by atoms with E-state index in [1.54, 1.807) is 0 Å². The van der Waals surface area contributed by atoms with E-state index in [4.69, 9.17) is 0 Å². The van der Waals surface area contributed by atoms with Crippen molar-refractivity contribution in [3.8, 4) is 0 Å². The minimum Gasteiger partial charge on any atom is -0.361 e. The van der Waals surface area contributed by atoms with Gasteiger partial charge in [-0.3, -0.25) is 4.99 Å². The molecular formula is C19H28N4. The van der Waals surface area contributed by atoms with E-state index in [2.05, 4.69) is 71.0 Å². The molecule has 2 rings (SSSR count). The molecule has 0 aliphatic heterocycles. The van der Waals surface area contributed by atoms with Crippen molar-refractivity contribution in [1.82, 2.24) is 15.6 Å². The van der Waals surface area contributed by atoms with E-state index >= 15 is 0 Å². The van der Waals surface area contributed by atoms with Gasteiger partial charge in [0.05, 0.1) is 0 Å². The number of aromatic nitrogens is 1. The maximum atomic E-state index is 4.59. The van der Waals surface area contributed by atoms with Crippen LogP contribution >= 0.6 is 0 Å². The van der Waals surface area contributed by atoms with Crippen molar-refractivity contribution >= 4 is 16.9 Å². The predicted molar refractivity (Wildman–Crippen MR) is 100 cm³/mol. The Morgan fingerprint density at radius 3 is 2.96 bits per heavy atom. The van der Waals surface area contributed by atoms with Gasteiger partial charge in [-0.15, -0.1) is 0 Å². The Labute approximate surface area is 139 Å². The molecule has 0 saturated carbocycles. The van der Waals surface area contributed by atoms with Crippen LogP contribution in [0, 0.1) is 6.92 Å². The quantitative estimate of drug-likeness (QED) is 0.317. The second-order valence-corrected chi connectivity index (χ2v) is 5.61. The molecule has 4 heteroatoms. The van der Waals surface area contributed by atoms with Gasteiger partial charge in [0.25, 0.3) is 0 Å². The largest absolute Gasteiger partial charge is 0.361 e. The van der Waals surface area contributed by atoms with Gasteiger partial charge in [0.15, 0.2) is 5.96 Å². The Balaban J connectivity index is 1.93. The third-order valence-corrected chi connectivity index (χ3v) is 3.83. The minimum atomic E-state index is 0.811.